The second-order valence-corrected chi connectivity index (χ2v) is 11.4. The Hall–Kier alpha value is -2.25. The Morgan fingerprint density at radius 1 is 1.15 bits per heavy atom. The minimum atomic E-state index is -0.612. The van der Waals surface area contributed by atoms with Crippen LogP contribution in [0.2, 0.25) is 0 Å². The Labute approximate surface area is 198 Å². The molecule has 4 aromatic heterocycles. The van der Waals surface area contributed by atoms with E-state index in [2.05, 4.69) is 59.1 Å². The molecule has 2 fully saturated rings. The molecule has 0 amide bonds. The third kappa shape index (κ3) is 3.69. The third-order valence-electron chi connectivity index (χ3n) is 7.73. The molecule has 2 aliphatic rings. The molecule has 1 N–H and O–H groups in total. The Bertz CT molecular complexity index is 1290. The number of hydrogen-bond acceptors (Lipinski definition) is 4. The zero-order valence-corrected chi connectivity index (χ0v) is 20.5. The molecule has 0 spiro atoms. The molecular weight excluding hydrogens is 433 g/mol. The molecule has 174 valence electrons. The molecule has 1 aliphatic carbocycles. The number of aromatic amines is 1. The number of H-pyrrole nitrogens is 1. The van der Waals surface area contributed by atoms with Crippen LogP contribution in [0.1, 0.15) is 73.8 Å². The molecule has 5 nitrogen and oxygen atoms in total. The lowest BCUT2D eigenvalue weighted by Crippen LogP contribution is -2.36. The van der Waals surface area contributed by atoms with Crippen molar-refractivity contribution in [2.45, 2.75) is 76.9 Å². The number of nitrogens with zero attached hydrogens (tertiary/aromatic N) is 4. The summed E-state index contributed by atoms with van der Waals surface area (Å²) >= 11 is 1.98. The Kier molecular flexibility index (Phi) is 5.29. The maximum absolute atomic E-state index is 13.6. The Morgan fingerprint density at radius 3 is 2.70 bits per heavy atom. The molecule has 7 heteroatoms. The Morgan fingerprint density at radius 2 is 1.97 bits per heavy atom. The van der Waals surface area contributed by atoms with Gasteiger partial charge in [-0.05, 0) is 74.1 Å². The summed E-state index contributed by atoms with van der Waals surface area (Å²) in [6, 6.07) is 5.20. The number of aromatic nitrogens is 4. The van der Waals surface area contributed by atoms with Gasteiger partial charge in [-0.1, -0.05) is 13.8 Å². The molecule has 4 aromatic rings. The van der Waals surface area contributed by atoms with E-state index in [9.17, 15) is 4.39 Å². The van der Waals surface area contributed by atoms with Crippen LogP contribution in [-0.2, 0) is 0 Å². The van der Waals surface area contributed by atoms with Crippen molar-refractivity contribution in [3.05, 3.63) is 40.7 Å². The molecule has 0 radical (unpaired) electrons. The van der Waals surface area contributed by atoms with Crippen LogP contribution < -0.4 is 0 Å². The van der Waals surface area contributed by atoms with Gasteiger partial charge in [0.2, 0.25) is 0 Å². The number of pyridine rings is 1. The van der Waals surface area contributed by atoms with Crippen LogP contribution in [0.4, 0.5) is 4.39 Å². The highest BCUT2D eigenvalue weighted by atomic mass is 32.1. The Balaban J connectivity index is 1.29. The van der Waals surface area contributed by atoms with Crippen LogP contribution in [0.25, 0.3) is 27.1 Å². The van der Waals surface area contributed by atoms with Crippen molar-refractivity contribution in [2.75, 3.05) is 13.1 Å². The van der Waals surface area contributed by atoms with Crippen LogP contribution in [0.3, 0.4) is 0 Å². The number of likely N-dealkylation sites (tertiary alicyclic amines) is 1. The average Bonchev–Trinajstić information content (AvgIpc) is 3.56. The van der Waals surface area contributed by atoms with Crippen LogP contribution in [-0.4, -0.2) is 49.8 Å². The summed E-state index contributed by atoms with van der Waals surface area (Å²) in [5, 5.41) is 4.37. The number of nitrogens with one attached hydrogen (secondary N) is 1. The SMILES string of the molecule is Cc1cc(-c2[nH]c3cc(C4CCC(N5CCC(F)C5)CC4)sc3c2C(C)C)cn2ncnc12. The van der Waals surface area contributed by atoms with Gasteiger partial charge in [0.05, 0.1) is 15.9 Å². The third-order valence-corrected chi connectivity index (χ3v) is 9.06. The van der Waals surface area contributed by atoms with Gasteiger partial charge in [0.1, 0.15) is 12.5 Å². The zero-order chi connectivity index (χ0) is 22.7. The average molecular weight is 466 g/mol. The number of fused-ring (bicyclic) bond motifs is 2. The van der Waals surface area contributed by atoms with Crippen LogP contribution in [0.15, 0.2) is 24.7 Å². The summed E-state index contributed by atoms with van der Waals surface area (Å²) in [6.45, 7) is 8.26. The number of halogens is 1. The minimum Gasteiger partial charge on any atom is -0.354 e. The summed E-state index contributed by atoms with van der Waals surface area (Å²) in [6.07, 6.45) is 8.63. The molecule has 1 saturated carbocycles. The highest BCUT2D eigenvalue weighted by molar-refractivity contribution is 7.19. The van der Waals surface area contributed by atoms with E-state index in [1.165, 1.54) is 52.0 Å². The van der Waals surface area contributed by atoms with Gasteiger partial charge in [-0.2, -0.15) is 5.10 Å². The molecule has 1 atom stereocenters. The van der Waals surface area contributed by atoms with Crippen LogP contribution >= 0.6 is 11.3 Å². The topological polar surface area (TPSA) is 49.2 Å². The van der Waals surface area contributed by atoms with Crippen molar-refractivity contribution < 1.29 is 4.39 Å². The van der Waals surface area contributed by atoms with Gasteiger partial charge in [0, 0.05) is 35.8 Å². The van der Waals surface area contributed by atoms with E-state index in [1.807, 2.05) is 15.9 Å². The lowest BCUT2D eigenvalue weighted by molar-refractivity contribution is 0.170. The van der Waals surface area contributed by atoms with E-state index >= 15 is 0 Å². The summed E-state index contributed by atoms with van der Waals surface area (Å²) in [4.78, 5) is 12.0. The summed E-state index contributed by atoms with van der Waals surface area (Å²) in [5.41, 5.74) is 7.07. The van der Waals surface area contributed by atoms with Crippen molar-refractivity contribution in [1.29, 1.82) is 0 Å². The molecule has 1 aliphatic heterocycles. The number of thiophene rings is 1. The van der Waals surface area contributed by atoms with E-state index in [4.69, 9.17) is 0 Å². The zero-order valence-electron chi connectivity index (χ0n) is 19.6. The van der Waals surface area contributed by atoms with E-state index in [0.29, 0.717) is 24.4 Å². The second-order valence-electron chi connectivity index (χ2n) is 10.3. The summed E-state index contributed by atoms with van der Waals surface area (Å²) < 4.78 is 16.9. The van der Waals surface area contributed by atoms with Crippen molar-refractivity contribution in [3.63, 3.8) is 0 Å². The molecular formula is C26H32FN5S. The minimum absolute atomic E-state index is 0.423. The number of hydrogen-bond donors (Lipinski definition) is 1. The fraction of sp³-hybridized carbons (Fsp3) is 0.538. The normalized spacial score (nSPS) is 24.6. The molecule has 1 unspecified atom stereocenters. The first kappa shape index (κ1) is 21.3. The van der Waals surface area contributed by atoms with Gasteiger partial charge in [0.15, 0.2) is 5.65 Å². The summed E-state index contributed by atoms with van der Waals surface area (Å²) in [7, 11) is 0. The number of aryl methyl sites for hydroxylation is 1. The first-order valence-corrected chi connectivity index (χ1v) is 13.1. The monoisotopic (exact) mass is 465 g/mol. The van der Waals surface area contributed by atoms with Crippen molar-refractivity contribution >= 4 is 27.2 Å². The first-order valence-electron chi connectivity index (χ1n) is 12.3. The lowest BCUT2D eigenvalue weighted by atomic mass is 9.84. The van der Waals surface area contributed by atoms with Gasteiger partial charge in [0.25, 0.3) is 0 Å². The first-order chi connectivity index (χ1) is 16.0. The molecule has 0 bridgehead atoms. The molecule has 5 heterocycles. The number of alkyl halides is 1. The van der Waals surface area contributed by atoms with E-state index in [1.54, 1.807) is 6.33 Å². The summed E-state index contributed by atoms with van der Waals surface area (Å²) in [5.74, 6) is 1.06. The largest absolute Gasteiger partial charge is 0.354 e. The molecule has 1 saturated heterocycles. The van der Waals surface area contributed by atoms with Gasteiger partial charge in [-0.25, -0.2) is 13.9 Å². The van der Waals surface area contributed by atoms with E-state index in [0.717, 1.165) is 29.7 Å². The lowest BCUT2D eigenvalue weighted by Gasteiger charge is -2.34. The van der Waals surface area contributed by atoms with Crippen LogP contribution in [0, 0.1) is 6.92 Å². The second kappa shape index (κ2) is 8.20. The smallest absolute Gasteiger partial charge is 0.158 e. The maximum Gasteiger partial charge on any atom is 0.158 e. The number of rotatable bonds is 4. The highest BCUT2D eigenvalue weighted by Gasteiger charge is 2.32. The fourth-order valence-electron chi connectivity index (χ4n) is 6.03. The standard InChI is InChI=1S/C26H32FN5S/c1-15(2)23-24(18-10-16(3)26-28-14-29-32(26)12-18)30-21-11-22(33-25(21)23)17-4-6-20(7-5-17)31-9-8-19(27)13-31/h10-12,14-15,17,19-20,30H,4-9,13H2,1-3H3. The van der Waals surface area contributed by atoms with E-state index in [-0.39, 0.29) is 0 Å². The van der Waals surface area contributed by atoms with Crippen molar-refractivity contribution in [3.8, 4) is 11.3 Å². The predicted molar refractivity (Wildman–Crippen MR) is 133 cm³/mol. The highest BCUT2D eigenvalue weighted by Crippen LogP contribution is 2.45. The van der Waals surface area contributed by atoms with Crippen LogP contribution in [0.5, 0.6) is 0 Å². The van der Waals surface area contributed by atoms with Crippen molar-refractivity contribution in [1.82, 2.24) is 24.5 Å². The maximum atomic E-state index is 13.6. The molecule has 0 aromatic carbocycles. The quantitative estimate of drug-likeness (QED) is 0.377. The van der Waals surface area contributed by atoms with Gasteiger partial charge in [-0.15, -0.1) is 11.3 Å². The predicted octanol–water partition coefficient (Wildman–Crippen LogP) is 6.44. The van der Waals surface area contributed by atoms with Gasteiger partial charge < -0.3 is 4.98 Å². The molecule has 6 rings (SSSR count). The van der Waals surface area contributed by atoms with Gasteiger partial charge in [-0.3, -0.25) is 4.90 Å². The fourth-order valence-corrected chi connectivity index (χ4v) is 7.51. The van der Waals surface area contributed by atoms with E-state index < -0.39 is 6.17 Å². The molecule has 33 heavy (non-hydrogen) atoms. The van der Waals surface area contributed by atoms with Crippen molar-refractivity contribution in [2.24, 2.45) is 0 Å². The van der Waals surface area contributed by atoms with Gasteiger partial charge >= 0.3 is 0 Å².